The Bertz CT molecular complexity index is 496. The van der Waals surface area contributed by atoms with Crippen LogP contribution in [0.5, 0.6) is 0 Å². The molecule has 0 spiro atoms. The third-order valence-corrected chi connectivity index (χ3v) is 9.69. The lowest BCUT2D eigenvalue weighted by Crippen LogP contribution is -2.46. The van der Waals surface area contributed by atoms with Gasteiger partial charge in [0.2, 0.25) is 0 Å². The molecule has 2 atom stereocenters. The predicted molar refractivity (Wildman–Crippen MR) is 93.0 cm³/mol. The fraction of sp³-hybridized carbons (Fsp3) is 0.867. The number of nitrogens with zero attached hydrogens (tertiary/aromatic N) is 1. The number of hydrogen-bond acceptors (Lipinski definition) is 5. The summed E-state index contributed by atoms with van der Waals surface area (Å²) in [6, 6.07) is 0.178. The summed E-state index contributed by atoms with van der Waals surface area (Å²) < 4.78 is 33.2. The maximum atomic E-state index is 11.0. The van der Waals surface area contributed by atoms with Crippen molar-refractivity contribution in [3.05, 3.63) is 12.2 Å². The second-order valence-corrected chi connectivity index (χ2v) is 14.0. The van der Waals surface area contributed by atoms with Gasteiger partial charge in [-0.3, -0.25) is 9.08 Å². The molecule has 0 aromatic rings. The van der Waals surface area contributed by atoms with Gasteiger partial charge in [0.05, 0.1) is 25.0 Å². The van der Waals surface area contributed by atoms with Gasteiger partial charge in [-0.1, -0.05) is 32.9 Å². The van der Waals surface area contributed by atoms with Crippen LogP contribution in [0.25, 0.3) is 0 Å². The van der Waals surface area contributed by atoms with Gasteiger partial charge < -0.3 is 4.43 Å². The standard InChI is InChI=1S/C15H31NO4SSi/c1-15(2,3)22(6,7)20-14-10-11-16(4)13(14)9-8-12-19-21(5,17)18/h8-9,13-14H,10-12H2,1-7H3/b9-8+/t13-,14+/m1/s1. The highest BCUT2D eigenvalue weighted by atomic mass is 32.2. The summed E-state index contributed by atoms with van der Waals surface area (Å²) in [5.74, 6) is 0. The first-order valence-corrected chi connectivity index (χ1v) is 12.4. The van der Waals surface area contributed by atoms with E-state index < -0.39 is 18.4 Å². The molecule has 22 heavy (non-hydrogen) atoms. The minimum absolute atomic E-state index is 0.0794. The van der Waals surface area contributed by atoms with Crippen LogP contribution in [0.4, 0.5) is 0 Å². The van der Waals surface area contributed by atoms with Gasteiger partial charge in [-0.15, -0.1) is 0 Å². The van der Waals surface area contributed by atoms with Crippen LogP contribution >= 0.6 is 0 Å². The zero-order valence-electron chi connectivity index (χ0n) is 14.9. The number of likely N-dealkylation sites (tertiary alicyclic amines) is 1. The van der Waals surface area contributed by atoms with Crippen molar-refractivity contribution in [2.24, 2.45) is 0 Å². The van der Waals surface area contributed by atoms with Crippen molar-refractivity contribution in [3.8, 4) is 0 Å². The van der Waals surface area contributed by atoms with Gasteiger partial charge in [0.15, 0.2) is 8.32 Å². The summed E-state index contributed by atoms with van der Waals surface area (Å²) >= 11 is 0. The fourth-order valence-electron chi connectivity index (χ4n) is 2.25. The summed E-state index contributed by atoms with van der Waals surface area (Å²) in [6.45, 7) is 12.3. The number of likely N-dealkylation sites (N-methyl/N-ethyl adjacent to an activating group) is 1. The maximum Gasteiger partial charge on any atom is 0.264 e. The van der Waals surface area contributed by atoms with Crippen LogP contribution in [0, 0.1) is 0 Å². The maximum absolute atomic E-state index is 11.0. The second kappa shape index (κ2) is 7.13. The molecule has 0 radical (unpaired) electrons. The monoisotopic (exact) mass is 349 g/mol. The van der Waals surface area contributed by atoms with Crippen molar-refractivity contribution in [3.63, 3.8) is 0 Å². The molecule has 0 N–H and O–H groups in total. The van der Waals surface area contributed by atoms with E-state index in [1.165, 1.54) is 0 Å². The summed E-state index contributed by atoms with van der Waals surface area (Å²) in [6.07, 6.45) is 6.02. The molecule has 1 rings (SSSR count). The van der Waals surface area contributed by atoms with E-state index in [2.05, 4.69) is 45.8 Å². The molecule has 0 aromatic carbocycles. The lowest BCUT2D eigenvalue weighted by molar-refractivity contribution is 0.157. The van der Waals surface area contributed by atoms with Crippen LogP contribution < -0.4 is 0 Å². The molecular formula is C15H31NO4SSi. The zero-order chi connectivity index (χ0) is 17.2. The quantitative estimate of drug-likeness (QED) is 0.419. The summed E-state index contributed by atoms with van der Waals surface area (Å²) in [7, 11) is -3.12. The molecule has 1 fully saturated rings. The highest BCUT2D eigenvalue weighted by molar-refractivity contribution is 7.85. The van der Waals surface area contributed by atoms with Gasteiger partial charge in [0.25, 0.3) is 10.1 Å². The van der Waals surface area contributed by atoms with E-state index in [0.29, 0.717) is 0 Å². The minimum Gasteiger partial charge on any atom is -0.412 e. The van der Waals surface area contributed by atoms with E-state index >= 15 is 0 Å². The molecule has 0 amide bonds. The molecule has 1 aliphatic heterocycles. The van der Waals surface area contributed by atoms with E-state index in [4.69, 9.17) is 8.61 Å². The second-order valence-electron chi connectivity index (χ2n) is 7.59. The van der Waals surface area contributed by atoms with Gasteiger partial charge >= 0.3 is 0 Å². The highest BCUT2D eigenvalue weighted by Crippen LogP contribution is 2.39. The molecule has 0 aromatic heterocycles. The third-order valence-electron chi connectivity index (χ3n) is 4.62. The van der Waals surface area contributed by atoms with Gasteiger partial charge in [-0.05, 0) is 31.6 Å². The Kier molecular flexibility index (Phi) is 6.43. The largest absolute Gasteiger partial charge is 0.412 e. The average Bonchev–Trinajstić information content (AvgIpc) is 2.63. The Balaban J connectivity index is 2.69. The van der Waals surface area contributed by atoms with Crippen molar-refractivity contribution in [1.82, 2.24) is 4.90 Å². The van der Waals surface area contributed by atoms with Gasteiger partial charge in [-0.25, -0.2) is 0 Å². The van der Waals surface area contributed by atoms with Crippen molar-refractivity contribution < 1.29 is 17.0 Å². The summed E-state index contributed by atoms with van der Waals surface area (Å²) in [5, 5.41) is 0.182. The van der Waals surface area contributed by atoms with Gasteiger partial charge in [-0.2, -0.15) is 8.42 Å². The molecule has 5 nitrogen and oxygen atoms in total. The van der Waals surface area contributed by atoms with Crippen LogP contribution in [-0.4, -0.2) is 60.2 Å². The fourth-order valence-corrected chi connectivity index (χ4v) is 3.94. The van der Waals surface area contributed by atoms with E-state index in [0.717, 1.165) is 19.2 Å². The van der Waals surface area contributed by atoms with Crippen molar-refractivity contribution in [2.75, 3.05) is 26.5 Å². The SMILES string of the molecule is CN1CC[C@H](O[Si](C)(C)C(C)(C)C)[C@H]1/C=C/COS(C)(=O)=O. The lowest BCUT2D eigenvalue weighted by atomic mass is 10.1. The van der Waals surface area contributed by atoms with Crippen LogP contribution in [-0.2, 0) is 18.7 Å². The molecule has 1 saturated heterocycles. The number of rotatable bonds is 6. The molecule has 0 bridgehead atoms. The molecule has 0 saturated carbocycles. The van der Waals surface area contributed by atoms with E-state index in [1.54, 1.807) is 6.08 Å². The summed E-state index contributed by atoms with van der Waals surface area (Å²) in [5.41, 5.74) is 0. The molecule has 1 heterocycles. The Morgan fingerprint density at radius 1 is 1.32 bits per heavy atom. The Morgan fingerprint density at radius 2 is 1.91 bits per heavy atom. The molecule has 0 aliphatic carbocycles. The smallest absolute Gasteiger partial charge is 0.264 e. The minimum atomic E-state index is -3.38. The highest BCUT2D eigenvalue weighted by Gasteiger charge is 2.42. The van der Waals surface area contributed by atoms with Crippen molar-refractivity contribution in [2.45, 2.75) is 57.5 Å². The summed E-state index contributed by atoms with van der Waals surface area (Å²) in [4.78, 5) is 2.24. The molecule has 1 aliphatic rings. The van der Waals surface area contributed by atoms with E-state index in [1.807, 2.05) is 6.08 Å². The van der Waals surface area contributed by atoms with Crippen LogP contribution in [0.1, 0.15) is 27.2 Å². The molecular weight excluding hydrogens is 318 g/mol. The third kappa shape index (κ3) is 5.77. The first-order chi connectivity index (χ1) is 9.83. The van der Waals surface area contributed by atoms with Gasteiger partial charge in [0, 0.05) is 6.54 Å². The van der Waals surface area contributed by atoms with Crippen LogP contribution in [0.15, 0.2) is 12.2 Å². The van der Waals surface area contributed by atoms with E-state index in [-0.39, 0.29) is 23.8 Å². The van der Waals surface area contributed by atoms with Crippen molar-refractivity contribution >= 4 is 18.4 Å². The first kappa shape index (κ1) is 19.8. The van der Waals surface area contributed by atoms with Crippen LogP contribution in [0.2, 0.25) is 18.1 Å². The molecule has 130 valence electrons. The Labute approximate surface area is 136 Å². The molecule has 0 unspecified atom stereocenters. The lowest BCUT2D eigenvalue weighted by Gasteiger charge is -2.39. The zero-order valence-corrected chi connectivity index (χ0v) is 16.7. The normalized spacial score (nSPS) is 25.2. The Hall–Kier alpha value is -0.213. The number of hydrogen-bond donors (Lipinski definition) is 0. The molecule has 7 heteroatoms. The predicted octanol–water partition coefficient (Wildman–Crippen LogP) is 2.61. The average molecular weight is 350 g/mol. The first-order valence-electron chi connectivity index (χ1n) is 7.72. The van der Waals surface area contributed by atoms with E-state index in [9.17, 15) is 8.42 Å². The van der Waals surface area contributed by atoms with Gasteiger partial charge in [0.1, 0.15) is 0 Å². The van der Waals surface area contributed by atoms with Crippen LogP contribution in [0.3, 0.4) is 0 Å². The Morgan fingerprint density at radius 3 is 2.41 bits per heavy atom. The van der Waals surface area contributed by atoms with Crippen molar-refractivity contribution in [1.29, 1.82) is 0 Å². The topological polar surface area (TPSA) is 55.8 Å².